The number of nitrogens with two attached hydrogens (primary N) is 1. The zero-order chi connectivity index (χ0) is 23.2. The maximum Gasteiger partial charge on any atom is 0.248 e. The number of aromatic nitrogens is 1. The van der Waals surface area contributed by atoms with Crippen LogP contribution in [0.4, 0.5) is 5.69 Å². The minimum Gasteiger partial charge on any atom is -0.494 e. The van der Waals surface area contributed by atoms with Gasteiger partial charge in [-0.1, -0.05) is 61.9 Å². The van der Waals surface area contributed by atoms with Crippen molar-refractivity contribution < 1.29 is 9.90 Å². The summed E-state index contributed by atoms with van der Waals surface area (Å²) in [7, 11) is 0. The second-order valence-electron chi connectivity index (χ2n) is 8.00. The molecule has 168 valence electrons. The largest absolute Gasteiger partial charge is 0.494 e. The van der Waals surface area contributed by atoms with E-state index in [0.29, 0.717) is 22.4 Å². The molecule has 0 saturated carbocycles. The number of nitrogens with zero attached hydrogens (tertiary/aromatic N) is 1. The summed E-state index contributed by atoms with van der Waals surface area (Å²) in [5, 5.41) is 15.1. The van der Waals surface area contributed by atoms with Crippen LogP contribution in [0.15, 0.2) is 77.8 Å². The van der Waals surface area contributed by atoms with Crippen LogP contribution in [-0.2, 0) is 6.54 Å². The third-order valence-electron chi connectivity index (χ3n) is 5.54. The standard InChI is InChI=1S/C27H28N4O2/c1-2-3-14-29-17-18-8-7-11-21(15-18)30-25(19-9-5-4-6-10-19)24-22-13-12-20(26(28)32)16-23(22)31-27(24)33/h4-13,15-16,29,31,33H,2-3,14,17H2,1H3,(H2,28,32). The summed E-state index contributed by atoms with van der Waals surface area (Å²) in [5.41, 5.74) is 10.5. The Balaban J connectivity index is 1.79. The first-order chi connectivity index (χ1) is 16.1. The molecule has 0 aliphatic carbocycles. The van der Waals surface area contributed by atoms with E-state index in [0.717, 1.165) is 48.1 Å². The lowest BCUT2D eigenvalue weighted by molar-refractivity contribution is 0.100. The van der Waals surface area contributed by atoms with Gasteiger partial charge in [0.25, 0.3) is 0 Å². The van der Waals surface area contributed by atoms with E-state index in [1.165, 1.54) is 0 Å². The van der Waals surface area contributed by atoms with E-state index in [1.807, 2.05) is 42.5 Å². The summed E-state index contributed by atoms with van der Waals surface area (Å²) in [4.78, 5) is 19.5. The van der Waals surface area contributed by atoms with Gasteiger partial charge in [0.05, 0.1) is 17.0 Å². The van der Waals surface area contributed by atoms with Crippen molar-refractivity contribution in [2.45, 2.75) is 26.3 Å². The Morgan fingerprint density at radius 1 is 1.03 bits per heavy atom. The van der Waals surface area contributed by atoms with Crippen LogP contribution in [0.25, 0.3) is 10.9 Å². The first kappa shape index (κ1) is 22.3. The van der Waals surface area contributed by atoms with E-state index < -0.39 is 5.91 Å². The molecule has 0 aliphatic heterocycles. The quantitative estimate of drug-likeness (QED) is 0.217. The predicted octanol–water partition coefficient (Wildman–Crippen LogP) is 5.03. The van der Waals surface area contributed by atoms with Gasteiger partial charge in [-0.2, -0.15) is 0 Å². The zero-order valence-corrected chi connectivity index (χ0v) is 18.6. The number of hydrogen-bond acceptors (Lipinski definition) is 4. The number of unbranched alkanes of at least 4 members (excludes halogenated alkanes) is 1. The molecule has 5 N–H and O–H groups in total. The fourth-order valence-electron chi connectivity index (χ4n) is 3.84. The van der Waals surface area contributed by atoms with Gasteiger partial charge in [0, 0.05) is 28.6 Å². The molecule has 0 fully saturated rings. The molecule has 33 heavy (non-hydrogen) atoms. The summed E-state index contributed by atoms with van der Waals surface area (Å²) in [5.74, 6) is -0.527. The number of carbonyl (C=O) groups excluding carboxylic acids is 1. The third-order valence-corrected chi connectivity index (χ3v) is 5.54. The number of aromatic amines is 1. The van der Waals surface area contributed by atoms with Crippen molar-refractivity contribution in [3.05, 3.63) is 95.1 Å². The van der Waals surface area contributed by atoms with Crippen molar-refractivity contribution in [1.29, 1.82) is 0 Å². The number of nitrogens with one attached hydrogen (secondary N) is 2. The minimum absolute atomic E-state index is 0.00777. The Labute approximate surface area is 193 Å². The Kier molecular flexibility index (Phi) is 6.86. The van der Waals surface area contributed by atoms with Crippen LogP contribution in [-0.4, -0.2) is 28.3 Å². The Hall–Kier alpha value is -3.90. The van der Waals surface area contributed by atoms with E-state index >= 15 is 0 Å². The van der Waals surface area contributed by atoms with Gasteiger partial charge in [-0.3, -0.25) is 4.79 Å². The molecule has 0 bridgehead atoms. The summed E-state index contributed by atoms with van der Waals surface area (Å²) in [6.07, 6.45) is 2.31. The molecular weight excluding hydrogens is 412 g/mol. The highest BCUT2D eigenvalue weighted by Gasteiger charge is 2.19. The molecule has 0 spiro atoms. The first-order valence-corrected chi connectivity index (χ1v) is 11.2. The second kappa shape index (κ2) is 10.1. The molecular formula is C27H28N4O2. The monoisotopic (exact) mass is 440 g/mol. The summed E-state index contributed by atoms with van der Waals surface area (Å²) < 4.78 is 0. The number of rotatable bonds is 9. The average Bonchev–Trinajstić information content (AvgIpc) is 3.16. The molecule has 0 aliphatic rings. The summed E-state index contributed by atoms with van der Waals surface area (Å²) >= 11 is 0. The van der Waals surface area contributed by atoms with Gasteiger partial charge in [0.2, 0.25) is 5.91 Å². The first-order valence-electron chi connectivity index (χ1n) is 11.2. The van der Waals surface area contributed by atoms with Gasteiger partial charge in [0.1, 0.15) is 0 Å². The molecule has 0 saturated heterocycles. The van der Waals surface area contributed by atoms with Crippen LogP contribution in [0.3, 0.4) is 0 Å². The highest BCUT2D eigenvalue weighted by molar-refractivity contribution is 6.22. The number of amides is 1. The van der Waals surface area contributed by atoms with Crippen molar-refractivity contribution in [3.8, 4) is 5.88 Å². The lowest BCUT2D eigenvalue weighted by atomic mass is 10.00. The Morgan fingerprint density at radius 2 is 1.85 bits per heavy atom. The number of hydrogen-bond donors (Lipinski definition) is 4. The van der Waals surface area contributed by atoms with E-state index in [-0.39, 0.29) is 5.88 Å². The van der Waals surface area contributed by atoms with Crippen molar-refractivity contribution in [3.63, 3.8) is 0 Å². The number of carbonyl (C=O) groups is 1. The van der Waals surface area contributed by atoms with E-state index in [1.54, 1.807) is 18.2 Å². The predicted molar refractivity (Wildman–Crippen MR) is 133 cm³/mol. The van der Waals surface area contributed by atoms with Gasteiger partial charge < -0.3 is 21.1 Å². The molecule has 0 radical (unpaired) electrons. The SMILES string of the molecule is CCCCNCc1cccc(N=C(c2ccccc2)c2c(O)[nH]c3cc(C(N)=O)ccc23)c1. The zero-order valence-electron chi connectivity index (χ0n) is 18.6. The molecule has 0 unspecified atom stereocenters. The number of aliphatic imine (C=N–C) groups is 1. The molecule has 4 rings (SSSR count). The maximum absolute atomic E-state index is 11.6. The van der Waals surface area contributed by atoms with Gasteiger partial charge in [-0.05, 0) is 42.8 Å². The van der Waals surface area contributed by atoms with Crippen LogP contribution >= 0.6 is 0 Å². The van der Waals surface area contributed by atoms with E-state index in [9.17, 15) is 9.90 Å². The topological polar surface area (TPSA) is 104 Å². The number of benzene rings is 3. The lowest BCUT2D eigenvalue weighted by Crippen LogP contribution is -2.14. The number of primary amides is 1. The highest BCUT2D eigenvalue weighted by Crippen LogP contribution is 2.32. The van der Waals surface area contributed by atoms with Crippen molar-refractivity contribution in [2.24, 2.45) is 10.7 Å². The lowest BCUT2D eigenvalue weighted by Gasteiger charge is -2.09. The summed E-state index contributed by atoms with van der Waals surface area (Å²) in [6, 6.07) is 22.9. The van der Waals surface area contributed by atoms with Crippen LogP contribution in [0.1, 0.15) is 46.8 Å². The van der Waals surface area contributed by atoms with Gasteiger partial charge in [0.15, 0.2) is 5.88 Å². The van der Waals surface area contributed by atoms with Crippen LogP contribution in [0.5, 0.6) is 5.88 Å². The second-order valence-corrected chi connectivity index (χ2v) is 8.00. The Morgan fingerprint density at radius 3 is 2.61 bits per heavy atom. The molecule has 1 amide bonds. The molecule has 0 atom stereocenters. The Bertz CT molecular complexity index is 1290. The summed E-state index contributed by atoms with van der Waals surface area (Å²) in [6.45, 7) is 3.94. The molecule has 3 aromatic carbocycles. The molecule has 1 heterocycles. The maximum atomic E-state index is 11.6. The molecule has 6 heteroatoms. The van der Waals surface area contributed by atoms with Crippen LogP contribution in [0, 0.1) is 0 Å². The van der Waals surface area contributed by atoms with Gasteiger partial charge >= 0.3 is 0 Å². The van der Waals surface area contributed by atoms with Crippen molar-refractivity contribution in [2.75, 3.05) is 6.54 Å². The van der Waals surface area contributed by atoms with Crippen LogP contribution in [0.2, 0.25) is 0 Å². The molecule has 1 aromatic heterocycles. The smallest absolute Gasteiger partial charge is 0.248 e. The van der Waals surface area contributed by atoms with E-state index in [2.05, 4.69) is 29.4 Å². The fraction of sp³-hybridized carbons (Fsp3) is 0.185. The van der Waals surface area contributed by atoms with Crippen LogP contribution < -0.4 is 11.1 Å². The van der Waals surface area contributed by atoms with Gasteiger partial charge in [-0.15, -0.1) is 0 Å². The van der Waals surface area contributed by atoms with Crippen molar-refractivity contribution in [1.82, 2.24) is 10.3 Å². The molecule has 6 nitrogen and oxygen atoms in total. The highest BCUT2D eigenvalue weighted by atomic mass is 16.3. The normalized spacial score (nSPS) is 11.7. The molecule has 4 aromatic rings. The average molecular weight is 441 g/mol. The number of fused-ring (bicyclic) bond motifs is 1. The third kappa shape index (κ3) is 5.13. The minimum atomic E-state index is -0.520. The number of aromatic hydroxyl groups is 1. The van der Waals surface area contributed by atoms with E-state index in [4.69, 9.17) is 10.7 Å². The fourth-order valence-corrected chi connectivity index (χ4v) is 3.84. The number of H-pyrrole nitrogens is 1. The van der Waals surface area contributed by atoms with Gasteiger partial charge in [-0.25, -0.2) is 4.99 Å². The van der Waals surface area contributed by atoms with Crippen molar-refractivity contribution >= 4 is 28.2 Å².